The summed E-state index contributed by atoms with van der Waals surface area (Å²) in [6.07, 6.45) is 0. The number of benzene rings is 2. The molecule has 4 rings (SSSR count). The SMILES string of the molecule is COc1ccc(OC)c(-n2c(=O)c3ccc(Cl)cc3n3c(=S)scc23)c1. The molecule has 26 heavy (non-hydrogen) atoms. The Bertz CT molecular complexity index is 1270. The van der Waals surface area contributed by atoms with Crippen molar-refractivity contribution in [2.24, 2.45) is 0 Å². The summed E-state index contributed by atoms with van der Waals surface area (Å²) in [4.78, 5) is 13.3. The minimum absolute atomic E-state index is 0.184. The predicted molar refractivity (Wildman–Crippen MR) is 107 cm³/mol. The van der Waals surface area contributed by atoms with E-state index < -0.39 is 0 Å². The van der Waals surface area contributed by atoms with E-state index in [4.69, 9.17) is 33.3 Å². The number of rotatable bonds is 3. The molecule has 2 aromatic heterocycles. The fraction of sp³-hybridized carbons (Fsp3) is 0.111. The molecule has 132 valence electrons. The van der Waals surface area contributed by atoms with Gasteiger partial charge in [0, 0.05) is 16.5 Å². The summed E-state index contributed by atoms with van der Waals surface area (Å²) in [6.45, 7) is 0. The predicted octanol–water partition coefficient (Wildman–Crippen LogP) is 4.70. The normalized spacial score (nSPS) is 11.2. The molecule has 0 aliphatic carbocycles. The molecule has 0 spiro atoms. The van der Waals surface area contributed by atoms with Gasteiger partial charge in [0.15, 0.2) is 3.95 Å². The molecule has 5 nitrogen and oxygen atoms in total. The third kappa shape index (κ3) is 2.51. The van der Waals surface area contributed by atoms with Crippen LogP contribution in [0.2, 0.25) is 5.02 Å². The van der Waals surface area contributed by atoms with Gasteiger partial charge in [0.2, 0.25) is 0 Å². The van der Waals surface area contributed by atoms with E-state index in [1.165, 1.54) is 11.3 Å². The van der Waals surface area contributed by atoms with E-state index in [-0.39, 0.29) is 5.56 Å². The second kappa shape index (κ2) is 6.42. The van der Waals surface area contributed by atoms with E-state index in [1.807, 2.05) is 9.78 Å². The lowest BCUT2D eigenvalue weighted by molar-refractivity contribution is 0.401. The van der Waals surface area contributed by atoms with E-state index in [0.29, 0.717) is 42.7 Å². The molecule has 0 saturated carbocycles. The van der Waals surface area contributed by atoms with Crippen molar-refractivity contribution in [3.05, 3.63) is 61.1 Å². The minimum atomic E-state index is -0.184. The third-order valence-electron chi connectivity index (χ3n) is 4.17. The first kappa shape index (κ1) is 17.1. The topological polar surface area (TPSA) is 44.9 Å². The van der Waals surface area contributed by atoms with Gasteiger partial charge in [-0.1, -0.05) is 11.6 Å². The molecule has 2 aromatic carbocycles. The lowest BCUT2D eigenvalue weighted by atomic mass is 10.2. The summed E-state index contributed by atoms with van der Waals surface area (Å²) < 4.78 is 14.9. The van der Waals surface area contributed by atoms with Crippen LogP contribution in [0.1, 0.15) is 0 Å². The molecule has 0 saturated heterocycles. The monoisotopic (exact) mass is 404 g/mol. The molecule has 0 aliphatic rings. The second-order valence-corrected chi connectivity index (χ2v) is 7.47. The van der Waals surface area contributed by atoms with Crippen molar-refractivity contribution in [3.63, 3.8) is 0 Å². The molecule has 0 aliphatic heterocycles. The molecule has 0 atom stereocenters. The van der Waals surface area contributed by atoms with Gasteiger partial charge >= 0.3 is 0 Å². The van der Waals surface area contributed by atoms with E-state index in [9.17, 15) is 4.79 Å². The van der Waals surface area contributed by atoms with Crippen LogP contribution in [-0.4, -0.2) is 23.2 Å². The standard InChI is InChI=1S/C18H13ClN2O3S2/c1-23-11-4-6-15(24-2)14(8-11)20-16-9-26-18(25)21(16)13-7-10(19)3-5-12(13)17(20)22/h3-9H,1-2H3. The van der Waals surface area contributed by atoms with Crippen LogP contribution < -0.4 is 15.0 Å². The Morgan fingerprint density at radius 2 is 1.92 bits per heavy atom. The lowest BCUT2D eigenvalue weighted by Crippen LogP contribution is -2.21. The summed E-state index contributed by atoms with van der Waals surface area (Å²) in [5.74, 6) is 1.18. The Kier molecular flexibility index (Phi) is 4.22. The Labute approximate surface area is 162 Å². The van der Waals surface area contributed by atoms with Gasteiger partial charge in [-0.2, -0.15) is 0 Å². The molecule has 0 unspecified atom stereocenters. The van der Waals surface area contributed by atoms with Crippen LogP contribution in [0.3, 0.4) is 0 Å². The van der Waals surface area contributed by atoms with Crippen LogP contribution in [0.25, 0.3) is 22.2 Å². The van der Waals surface area contributed by atoms with Crippen LogP contribution in [0.15, 0.2) is 46.6 Å². The van der Waals surface area contributed by atoms with Crippen molar-refractivity contribution in [2.75, 3.05) is 14.2 Å². The summed E-state index contributed by atoms with van der Waals surface area (Å²) >= 11 is 13.0. The first-order valence-electron chi connectivity index (χ1n) is 7.62. The highest BCUT2D eigenvalue weighted by molar-refractivity contribution is 7.73. The molecule has 0 N–H and O–H groups in total. The van der Waals surface area contributed by atoms with Crippen molar-refractivity contribution in [1.82, 2.24) is 8.97 Å². The number of thiazole rings is 1. The van der Waals surface area contributed by atoms with Crippen LogP contribution in [0.4, 0.5) is 0 Å². The maximum absolute atomic E-state index is 13.3. The fourth-order valence-electron chi connectivity index (χ4n) is 2.98. The van der Waals surface area contributed by atoms with E-state index in [1.54, 1.807) is 55.2 Å². The number of hydrogen-bond donors (Lipinski definition) is 0. The van der Waals surface area contributed by atoms with Gasteiger partial charge in [-0.05, 0) is 42.5 Å². The summed E-state index contributed by atoms with van der Waals surface area (Å²) in [6, 6.07) is 10.5. The van der Waals surface area contributed by atoms with Crippen LogP contribution in [0, 0.1) is 3.95 Å². The smallest absolute Gasteiger partial charge is 0.266 e. The quantitative estimate of drug-likeness (QED) is 0.464. The highest BCUT2D eigenvalue weighted by atomic mass is 35.5. The van der Waals surface area contributed by atoms with Gasteiger partial charge in [-0.3, -0.25) is 13.8 Å². The Hall–Kier alpha value is -2.35. The molecule has 0 radical (unpaired) electrons. The Morgan fingerprint density at radius 3 is 2.65 bits per heavy atom. The Balaban J connectivity index is 2.24. The van der Waals surface area contributed by atoms with Gasteiger partial charge in [0.1, 0.15) is 17.1 Å². The zero-order chi connectivity index (χ0) is 18.4. The first-order valence-corrected chi connectivity index (χ1v) is 9.28. The number of halogens is 1. The number of hydrogen-bond acceptors (Lipinski definition) is 5. The van der Waals surface area contributed by atoms with Crippen LogP contribution >= 0.6 is 35.2 Å². The van der Waals surface area contributed by atoms with Gasteiger partial charge < -0.3 is 9.47 Å². The maximum Gasteiger partial charge on any atom is 0.266 e. The zero-order valence-electron chi connectivity index (χ0n) is 13.9. The highest BCUT2D eigenvalue weighted by Gasteiger charge is 2.17. The van der Waals surface area contributed by atoms with Crippen molar-refractivity contribution in [2.45, 2.75) is 0 Å². The van der Waals surface area contributed by atoms with E-state index >= 15 is 0 Å². The zero-order valence-corrected chi connectivity index (χ0v) is 16.2. The molecule has 4 aromatic rings. The van der Waals surface area contributed by atoms with Gasteiger partial charge in [0.05, 0.1) is 30.8 Å². The van der Waals surface area contributed by atoms with Gasteiger partial charge in [-0.15, -0.1) is 11.3 Å². The maximum atomic E-state index is 13.3. The number of nitrogens with zero attached hydrogens (tertiary/aromatic N) is 2. The van der Waals surface area contributed by atoms with Crippen LogP contribution in [-0.2, 0) is 0 Å². The minimum Gasteiger partial charge on any atom is -0.497 e. The molecular weight excluding hydrogens is 392 g/mol. The molecular formula is C18H13ClN2O3S2. The first-order chi connectivity index (χ1) is 12.5. The summed E-state index contributed by atoms with van der Waals surface area (Å²) in [5.41, 5.74) is 1.73. The molecule has 0 amide bonds. The Morgan fingerprint density at radius 1 is 1.12 bits per heavy atom. The lowest BCUT2D eigenvalue weighted by Gasteiger charge is -2.15. The van der Waals surface area contributed by atoms with Crippen molar-refractivity contribution in [3.8, 4) is 17.2 Å². The molecule has 0 bridgehead atoms. The molecule has 2 heterocycles. The highest BCUT2D eigenvalue weighted by Crippen LogP contribution is 2.30. The average Bonchev–Trinajstić information content (AvgIpc) is 3.03. The summed E-state index contributed by atoms with van der Waals surface area (Å²) in [5, 5.41) is 2.91. The molecule has 0 fully saturated rings. The number of fused-ring (bicyclic) bond motifs is 3. The average molecular weight is 405 g/mol. The van der Waals surface area contributed by atoms with Gasteiger partial charge in [-0.25, -0.2) is 0 Å². The summed E-state index contributed by atoms with van der Waals surface area (Å²) in [7, 11) is 3.14. The van der Waals surface area contributed by atoms with Crippen molar-refractivity contribution >= 4 is 51.7 Å². The fourth-order valence-corrected chi connectivity index (χ4v) is 4.19. The van der Waals surface area contributed by atoms with Crippen LogP contribution in [0.5, 0.6) is 11.5 Å². The van der Waals surface area contributed by atoms with E-state index in [0.717, 1.165) is 0 Å². The molecule has 8 heteroatoms. The van der Waals surface area contributed by atoms with E-state index in [2.05, 4.69) is 0 Å². The second-order valence-electron chi connectivity index (χ2n) is 5.54. The largest absolute Gasteiger partial charge is 0.497 e. The number of ether oxygens (including phenoxy) is 2. The van der Waals surface area contributed by atoms with Crippen molar-refractivity contribution in [1.29, 1.82) is 0 Å². The third-order valence-corrected chi connectivity index (χ3v) is 5.59. The number of aromatic nitrogens is 2. The van der Waals surface area contributed by atoms with Gasteiger partial charge in [0.25, 0.3) is 5.56 Å². The number of methoxy groups -OCH3 is 2. The van der Waals surface area contributed by atoms with Crippen molar-refractivity contribution < 1.29 is 9.47 Å².